The minimum absolute atomic E-state index is 0.0595. The lowest BCUT2D eigenvalue weighted by molar-refractivity contribution is -0.143. The first-order valence-electron chi connectivity index (χ1n) is 25.9. The third-order valence-electron chi connectivity index (χ3n) is 15.6. The lowest BCUT2D eigenvalue weighted by Crippen LogP contribution is -2.49. The van der Waals surface area contributed by atoms with Gasteiger partial charge in [-0.2, -0.15) is 0 Å². The van der Waals surface area contributed by atoms with E-state index >= 15 is 8.78 Å². The highest BCUT2D eigenvalue weighted by molar-refractivity contribution is 7.22. The number of thiophene rings is 1. The van der Waals surface area contributed by atoms with E-state index in [0.717, 1.165) is 47.8 Å². The van der Waals surface area contributed by atoms with E-state index in [4.69, 9.17) is 57.0 Å². The second kappa shape index (κ2) is 22.2. The number of guanidine groups is 1. The molecule has 4 heterocycles. The van der Waals surface area contributed by atoms with Crippen molar-refractivity contribution in [1.82, 2.24) is 24.7 Å². The van der Waals surface area contributed by atoms with Gasteiger partial charge in [0.25, 0.3) is 5.56 Å². The molecule has 21 heteroatoms. The van der Waals surface area contributed by atoms with E-state index in [-0.39, 0.29) is 49.9 Å². The van der Waals surface area contributed by atoms with Crippen LogP contribution in [0.25, 0.3) is 20.7 Å². The van der Waals surface area contributed by atoms with Crippen molar-refractivity contribution in [2.24, 2.45) is 10.4 Å². The third-order valence-corrected chi connectivity index (χ3v) is 17.6. The van der Waals surface area contributed by atoms with E-state index in [1.807, 2.05) is 13.0 Å². The van der Waals surface area contributed by atoms with E-state index < -0.39 is 52.5 Å². The number of allylic oxidation sites excluding steroid dienone is 4. The van der Waals surface area contributed by atoms with Crippen LogP contribution in [0, 0.1) is 16.6 Å². The van der Waals surface area contributed by atoms with Gasteiger partial charge in [-0.05, 0) is 110 Å². The Bertz CT molecular complexity index is 3140. The lowest BCUT2D eigenvalue weighted by atomic mass is 9.68. The van der Waals surface area contributed by atoms with Gasteiger partial charge in [-0.15, -0.1) is 11.3 Å². The summed E-state index contributed by atoms with van der Waals surface area (Å²) >= 11 is 16.3. The van der Waals surface area contributed by atoms with Crippen LogP contribution in [-0.2, 0) is 30.2 Å². The van der Waals surface area contributed by atoms with Crippen LogP contribution in [0.15, 0.2) is 98.4 Å². The average molecular weight is 1120 g/mol. The number of likely N-dealkylation sites (N-methyl/N-ethyl adjacent to an activating group) is 1. The molecule has 10 rings (SSSR count). The molecule has 6 atom stereocenters. The molecule has 16 nitrogen and oxygen atoms in total. The Morgan fingerprint density at radius 3 is 2.70 bits per heavy atom. The summed E-state index contributed by atoms with van der Waals surface area (Å²) < 4.78 is 67.3. The van der Waals surface area contributed by atoms with Gasteiger partial charge in [-0.3, -0.25) is 19.9 Å². The molecule has 2 aliphatic heterocycles. The van der Waals surface area contributed by atoms with Gasteiger partial charge < -0.3 is 48.3 Å². The summed E-state index contributed by atoms with van der Waals surface area (Å²) in [6, 6.07) is 10.1. The number of aliphatic carboxylic acids is 1. The molecule has 77 heavy (non-hydrogen) atoms. The molecule has 0 spiro atoms. The summed E-state index contributed by atoms with van der Waals surface area (Å²) in [4.78, 5) is 44.9. The number of ether oxygens (including phenoxy) is 6. The molecule has 2 saturated carbocycles. The minimum atomic E-state index is -1.69. The van der Waals surface area contributed by atoms with Crippen LogP contribution in [0.1, 0.15) is 68.1 Å². The van der Waals surface area contributed by atoms with E-state index in [1.54, 1.807) is 37.4 Å². The number of H-pyrrole nitrogens is 1. The van der Waals surface area contributed by atoms with Crippen LogP contribution < -0.4 is 15.0 Å². The van der Waals surface area contributed by atoms with Crippen LogP contribution in [0.4, 0.5) is 8.78 Å². The molecular formula is C56H63Cl2F2N7O9S. The van der Waals surface area contributed by atoms with Gasteiger partial charge in [-0.25, -0.2) is 18.8 Å². The van der Waals surface area contributed by atoms with Crippen LogP contribution in [0.3, 0.4) is 0 Å². The average Bonchev–Trinajstić information content (AvgIpc) is 4.48. The van der Waals surface area contributed by atoms with Crippen molar-refractivity contribution < 1.29 is 47.1 Å². The van der Waals surface area contributed by atoms with Crippen molar-refractivity contribution in [1.29, 1.82) is 5.41 Å². The highest BCUT2D eigenvalue weighted by Crippen LogP contribution is 2.62. The topological polar surface area (TPSA) is 184 Å². The zero-order chi connectivity index (χ0) is 54.4. The van der Waals surface area contributed by atoms with Gasteiger partial charge in [0.05, 0.1) is 47.0 Å². The number of carbonyl (C=O) groups is 1. The molecule has 2 aromatic carbocycles. The molecule has 3 N–H and O–H groups in total. The number of carboxylic acids is 1. The Morgan fingerprint density at radius 2 is 1.96 bits per heavy atom. The molecule has 4 aliphatic carbocycles. The maximum atomic E-state index is 15.3. The Morgan fingerprint density at radius 1 is 1.17 bits per heavy atom. The fourth-order valence-electron chi connectivity index (χ4n) is 10.6. The number of hydrogen-bond donors (Lipinski definition) is 3. The Labute approximate surface area is 459 Å². The largest absolute Gasteiger partial charge is 0.492 e. The van der Waals surface area contributed by atoms with Crippen molar-refractivity contribution in [3.8, 4) is 21.9 Å². The molecule has 6 aliphatic rings. The smallest absolute Gasteiger partial charge is 0.309 e. The summed E-state index contributed by atoms with van der Waals surface area (Å²) in [7, 11) is 3.75. The zero-order valence-electron chi connectivity index (χ0n) is 43.5. The highest BCUT2D eigenvalue weighted by atomic mass is 35.5. The zero-order valence-corrected chi connectivity index (χ0v) is 45.8. The van der Waals surface area contributed by atoms with Crippen LogP contribution >= 0.6 is 34.5 Å². The van der Waals surface area contributed by atoms with Crippen molar-refractivity contribution >= 4 is 62.9 Å². The predicted molar refractivity (Wildman–Crippen MR) is 292 cm³/mol. The standard InChI is InChI=1S/C56H63Cl2F2N7O9S/c1-32-42-43(38-25-35(59)8-10-37(38)49-44(42)45-50(68)63-31-64-51(45)77-49)47(58)48(46(32)57)76-56(29-67-19-17-65(4)18-20-67)27-41(56)75-36-9-11-39(34(24-36)26-55(12-13-55)52(69)70)72-21-7-6-15-62-53(61)66(5)16-14-54(3,60)30-74-33(2)40-28-71-22-23-73-40/h6-11,15,24-25,31,40-43,61H,2,12-14,16-23,26-30H2,1,3-5H3,(H,69,70)(H,63,64,68)/b7-6+,61-53?,62-15-/t40-,41+,42?,43?,54?,56?/m0/s1. The highest BCUT2D eigenvalue weighted by Gasteiger charge is 2.62. The molecule has 0 bridgehead atoms. The van der Waals surface area contributed by atoms with Crippen molar-refractivity contribution in [2.45, 2.75) is 81.3 Å². The molecule has 4 unspecified atom stereocenters. The number of carboxylic acid groups (broad SMARTS) is 1. The Balaban J connectivity index is 0.836. The van der Waals surface area contributed by atoms with E-state index in [1.165, 1.54) is 47.8 Å². The SMILES string of the molecule is C=C(OCC(C)(F)CCN(C)C(=N)/N=C\C=C\COc1ccc(O[C@@H]2CC2(CN2CCN(C)CC2)OC2=C(Cl)C3c4cc(F)ccc4-c4sc5nc[nH]c(=O)c5c4C3C(C)=C2Cl)cc1CC1(C(=O)O)CC1)[C@@H]1COCCO1. The van der Waals surface area contributed by atoms with Gasteiger partial charge in [0.1, 0.15) is 59.0 Å². The number of piperazine rings is 1. The van der Waals surface area contributed by atoms with E-state index in [0.29, 0.717) is 94.3 Å². The number of aromatic amines is 1. The number of fused-ring (bicyclic) bond motifs is 8. The number of aromatic nitrogens is 2. The van der Waals surface area contributed by atoms with Crippen molar-refractivity contribution in [3.63, 3.8) is 0 Å². The Kier molecular flexibility index (Phi) is 15.8. The maximum Gasteiger partial charge on any atom is 0.309 e. The normalized spacial score (nSPS) is 24.8. The van der Waals surface area contributed by atoms with E-state index in [9.17, 15) is 14.7 Å². The third kappa shape index (κ3) is 11.6. The first-order chi connectivity index (χ1) is 36.9. The maximum absolute atomic E-state index is 15.3. The van der Waals surface area contributed by atoms with Crippen LogP contribution in [0.5, 0.6) is 11.5 Å². The summed E-state index contributed by atoms with van der Waals surface area (Å²) in [6.45, 7) is 12.4. The number of benzene rings is 2. The summed E-state index contributed by atoms with van der Waals surface area (Å²) in [6.07, 6.45) is 7.17. The first kappa shape index (κ1) is 54.7. The number of halogens is 4. The second-order valence-electron chi connectivity index (χ2n) is 21.3. The van der Waals surface area contributed by atoms with Gasteiger partial charge in [0.2, 0.25) is 5.96 Å². The molecule has 2 saturated heterocycles. The summed E-state index contributed by atoms with van der Waals surface area (Å²) in [5.74, 6) is -0.846. The number of hydrogen-bond acceptors (Lipinski definition) is 13. The monoisotopic (exact) mass is 1120 g/mol. The molecule has 4 aromatic rings. The quantitative estimate of drug-likeness (QED) is 0.0433. The van der Waals surface area contributed by atoms with Crippen molar-refractivity contribution in [2.75, 3.05) is 86.4 Å². The van der Waals surface area contributed by atoms with Crippen LogP contribution in [-0.4, -0.2) is 158 Å². The number of aliphatic imine (C=N–C) groups is 1. The Hall–Kier alpha value is -5.67. The number of nitrogens with one attached hydrogen (secondary N) is 2. The van der Waals surface area contributed by atoms with Crippen molar-refractivity contribution in [3.05, 3.63) is 121 Å². The van der Waals surface area contributed by atoms with Crippen LogP contribution in [0.2, 0.25) is 0 Å². The fraction of sp³-hybridized carbons (Fsp3) is 0.482. The molecule has 0 amide bonds. The van der Waals surface area contributed by atoms with Gasteiger partial charge >= 0.3 is 5.97 Å². The number of nitrogens with zero attached hydrogens (tertiary/aromatic N) is 5. The van der Waals surface area contributed by atoms with E-state index in [2.05, 4.69) is 38.4 Å². The van der Waals surface area contributed by atoms with Gasteiger partial charge in [0, 0.05) is 82.1 Å². The number of rotatable bonds is 20. The molecule has 4 fully saturated rings. The first-order valence-corrected chi connectivity index (χ1v) is 27.4. The lowest BCUT2D eigenvalue weighted by Gasteiger charge is -2.40. The minimum Gasteiger partial charge on any atom is -0.492 e. The molecule has 410 valence electrons. The molecule has 0 radical (unpaired) electrons. The summed E-state index contributed by atoms with van der Waals surface area (Å²) in [5, 5.41) is 19.7. The molecule has 2 aromatic heterocycles. The predicted octanol–water partition coefficient (Wildman–Crippen LogP) is 9.15. The molecular weight excluding hydrogens is 1060 g/mol. The second-order valence-corrected chi connectivity index (χ2v) is 23.1. The van der Waals surface area contributed by atoms with Gasteiger partial charge in [-0.1, -0.05) is 35.8 Å². The van der Waals surface area contributed by atoms with Gasteiger partial charge in [0.15, 0.2) is 11.4 Å². The number of alkyl halides is 1. The summed E-state index contributed by atoms with van der Waals surface area (Å²) in [5.41, 5.74) is -0.212. The fourth-order valence-corrected chi connectivity index (χ4v) is 12.5.